The van der Waals surface area contributed by atoms with E-state index in [0.29, 0.717) is 32.9 Å². The normalized spacial score (nSPS) is 12.9. The number of aromatic nitrogens is 2. The molecule has 4 aromatic rings. The number of nitrogens with one attached hydrogen (secondary N) is 1. The molecule has 0 unspecified atom stereocenters. The molecule has 1 aliphatic rings. The molecular weight excluding hydrogens is 474 g/mol. The van der Waals surface area contributed by atoms with E-state index < -0.39 is 0 Å². The fraction of sp³-hybridized carbons (Fsp3) is 0.240. The first-order valence-corrected chi connectivity index (χ1v) is 12.2. The third kappa shape index (κ3) is 4.93. The summed E-state index contributed by atoms with van der Waals surface area (Å²) in [6, 6.07) is 15.4. The standard InChI is InChI=1S/C25H22ClN3O4S/c26-16-9-11-18(12-10-16)32-15-23(30)28-19-5-1-3-7-21(19)33-14-17-13-24(31)29-20-6-2-4-8-22(20)34-25(29)27-17/h1,3,5,7,9-13H,2,4,6,8,14-15H2,(H,28,30). The number of carbonyl (C=O) groups excluding carboxylic acids is 1. The lowest BCUT2D eigenvalue weighted by atomic mass is 10.0. The Kier molecular flexibility index (Phi) is 6.51. The lowest BCUT2D eigenvalue weighted by Crippen LogP contribution is -2.21. The maximum absolute atomic E-state index is 12.8. The molecule has 2 aromatic heterocycles. The minimum absolute atomic E-state index is 0.0797. The molecule has 9 heteroatoms. The molecular formula is C25H22ClN3O4S. The second-order valence-electron chi connectivity index (χ2n) is 7.96. The van der Waals surface area contributed by atoms with Gasteiger partial charge in [-0.25, -0.2) is 4.98 Å². The van der Waals surface area contributed by atoms with Crippen LogP contribution in [0.3, 0.4) is 0 Å². The number of rotatable bonds is 7. The summed E-state index contributed by atoms with van der Waals surface area (Å²) < 4.78 is 13.2. The number of ether oxygens (including phenoxy) is 2. The number of halogens is 1. The third-order valence-corrected chi connectivity index (χ3v) is 6.93. The van der Waals surface area contributed by atoms with E-state index >= 15 is 0 Å². The highest BCUT2D eigenvalue weighted by molar-refractivity contribution is 7.17. The van der Waals surface area contributed by atoms with Gasteiger partial charge in [0, 0.05) is 21.7 Å². The van der Waals surface area contributed by atoms with E-state index in [1.807, 2.05) is 6.07 Å². The van der Waals surface area contributed by atoms with Crippen LogP contribution in [0.5, 0.6) is 11.5 Å². The second kappa shape index (κ2) is 9.87. The van der Waals surface area contributed by atoms with Crippen LogP contribution in [0.15, 0.2) is 59.4 Å². The summed E-state index contributed by atoms with van der Waals surface area (Å²) in [6.07, 6.45) is 4.17. The zero-order chi connectivity index (χ0) is 23.5. The molecule has 1 amide bonds. The molecule has 0 radical (unpaired) electrons. The van der Waals surface area contributed by atoms with Gasteiger partial charge < -0.3 is 14.8 Å². The number of thiazole rings is 1. The number of nitrogens with zero attached hydrogens (tertiary/aromatic N) is 2. The minimum atomic E-state index is -0.326. The average Bonchev–Trinajstić information content (AvgIpc) is 3.22. The Morgan fingerprint density at radius 1 is 1.09 bits per heavy atom. The largest absolute Gasteiger partial charge is 0.485 e. The first-order chi connectivity index (χ1) is 16.6. The molecule has 34 heavy (non-hydrogen) atoms. The molecule has 5 rings (SSSR count). The van der Waals surface area contributed by atoms with Crippen LogP contribution in [0.2, 0.25) is 5.02 Å². The van der Waals surface area contributed by atoms with E-state index in [2.05, 4.69) is 10.3 Å². The van der Waals surface area contributed by atoms with Gasteiger partial charge in [0.2, 0.25) is 0 Å². The van der Waals surface area contributed by atoms with Crippen LogP contribution in [0.4, 0.5) is 5.69 Å². The summed E-state index contributed by atoms with van der Waals surface area (Å²) in [6.45, 7) is -0.0452. The van der Waals surface area contributed by atoms with Gasteiger partial charge in [0.25, 0.3) is 11.5 Å². The van der Waals surface area contributed by atoms with Crippen molar-refractivity contribution in [1.29, 1.82) is 0 Å². The lowest BCUT2D eigenvalue weighted by Gasteiger charge is -2.13. The second-order valence-corrected chi connectivity index (χ2v) is 9.46. The number of hydrogen-bond donors (Lipinski definition) is 1. The number of aryl methyl sites for hydroxylation is 2. The highest BCUT2D eigenvalue weighted by Crippen LogP contribution is 2.29. The first kappa shape index (κ1) is 22.4. The first-order valence-electron chi connectivity index (χ1n) is 11.0. The Morgan fingerprint density at radius 3 is 2.74 bits per heavy atom. The van der Waals surface area contributed by atoms with E-state index in [9.17, 15) is 9.59 Å². The minimum Gasteiger partial charge on any atom is -0.485 e. The molecule has 7 nitrogen and oxygen atoms in total. The van der Waals surface area contributed by atoms with Gasteiger partial charge in [-0.15, -0.1) is 11.3 Å². The fourth-order valence-electron chi connectivity index (χ4n) is 3.93. The van der Waals surface area contributed by atoms with E-state index in [0.717, 1.165) is 31.4 Å². The molecule has 0 aliphatic heterocycles. The van der Waals surface area contributed by atoms with E-state index in [1.165, 1.54) is 10.9 Å². The van der Waals surface area contributed by atoms with Gasteiger partial charge in [-0.05, 0) is 62.1 Å². The quantitative estimate of drug-likeness (QED) is 0.395. The molecule has 0 spiro atoms. The summed E-state index contributed by atoms with van der Waals surface area (Å²) in [4.78, 5) is 31.8. The molecule has 0 saturated carbocycles. The van der Waals surface area contributed by atoms with Crippen molar-refractivity contribution in [3.63, 3.8) is 0 Å². The predicted octanol–water partition coefficient (Wildman–Crippen LogP) is 4.88. The Hall–Kier alpha value is -3.36. The summed E-state index contributed by atoms with van der Waals surface area (Å²) in [5.41, 5.74) is 2.08. The zero-order valence-electron chi connectivity index (χ0n) is 18.3. The van der Waals surface area contributed by atoms with Gasteiger partial charge in [0.15, 0.2) is 11.6 Å². The van der Waals surface area contributed by atoms with Crippen LogP contribution in [0, 0.1) is 0 Å². The van der Waals surface area contributed by atoms with Gasteiger partial charge >= 0.3 is 0 Å². The van der Waals surface area contributed by atoms with Crippen molar-refractivity contribution in [3.05, 3.63) is 86.2 Å². The van der Waals surface area contributed by atoms with Gasteiger partial charge in [0.1, 0.15) is 18.1 Å². The van der Waals surface area contributed by atoms with E-state index in [-0.39, 0.29) is 24.7 Å². The Labute approximate surface area is 204 Å². The van der Waals surface area contributed by atoms with Crippen LogP contribution in [0.1, 0.15) is 29.1 Å². The highest BCUT2D eigenvalue weighted by atomic mass is 35.5. The Bertz CT molecular complexity index is 1400. The summed E-state index contributed by atoms with van der Waals surface area (Å²) >= 11 is 7.45. The lowest BCUT2D eigenvalue weighted by molar-refractivity contribution is -0.118. The maximum Gasteiger partial charge on any atom is 0.262 e. The number of amides is 1. The zero-order valence-corrected chi connectivity index (χ0v) is 19.8. The van der Waals surface area contributed by atoms with Crippen LogP contribution in [-0.4, -0.2) is 21.9 Å². The van der Waals surface area contributed by atoms with Gasteiger partial charge in [-0.2, -0.15) is 0 Å². The van der Waals surface area contributed by atoms with Gasteiger partial charge in [-0.1, -0.05) is 23.7 Å². The van der Waals surface area contributed by atoms with Crippen LogP contribution in [0.25, 0.3) is 4.96 Å². The molecule has 1 N–H and O–H groups in total. The topological polar surface area (TPSA) is 81.9 Å². The fourth-order valence-corrected chi connectivity index (χ4v) is 5.29. The summed E-state index contributed by atoms with van der Waals surface area (Å²) in [5, 5.41) is 3.40. The number of hydrogen-bond acceptors (Lipinski definition) is 6. The van der Waals surface area contributed by atoms with Crippen molar-refractivity contribution in [2.45, 2.75) is 32.3 Å². The molecule has 2 aromatic carbocycles. The van der Waals surface area contributed by atoms with Crippen molar-refractivity contribution < 1.29 is 14.3 Å². The van der Waals surface area contributed by atoms with Gasteiger partial charge in [-0.3, -0.25) is 14.0 Å². The Morgan fingerprint density at radius 2 is 1.88 bits per heavy atom. The predicted molar refractivity (Wildman–Crippen MR) is 132 cm³/mol. The van der Waals surface area contributed by atoms with Crippen LogP contribution in [-0.2, 0) is 24.2 Å². The average molecular weight is 496 g/mol. The smallest absolute Gasteiger partial charge is 0.262 e. The highest BCUT2D eigenvalue weighted by Gasteiger charge is 2.18. The number of benzene rings is 2. The number of fused-ring (bicyclic) bond motifs is 3. The van der Waals surface area contributed by atoms with Gasteiger partial charge in [0.05, 0.1) is 11.4 Å². The van der Waals surface area contributed by atoms with Crippen molar-refractivity contribution in [2.75, 3.05) is 11.9 Å². The molecule has 0 saturated heterocycles. The molecule has 0 bridgehead atoms. The van der Waals surface area contributed by atoms with Crippen molar-refractivity contribution >= 4 is 39.5 Å². The van der Waals surface area contributed by atoms with E-state index in [1.54, 1.807) is 58.2 Å². The number of carbonyl (C=O) groups is 1. The van der Waals surface area contributed by atoms with Crippen molar-refractivity contribution in [3.8, 4) is 11.5 Å². The monoisotopic (exact) mass is 495 g/mol. The maximum atomic E-state index is 12.8. The summed E-state index contributed by atoms with van der Waals surface area (Å²) in [5.74, 6) is 0.704. The van der Waals surface area contributed by atoms with Crippen LogP contribution < -0.4 is 20.3 Å². The SMILES string of the molecule is O=C(COc1ccc(Cl)cc1)Nc1ccccc1OCc1cc(=O)n2c3c(sc2n1)CCCC3. The van der Waals surface area contributed by atoms with Crippen molar-refractivity contribution in [1.82, 2.24) is 9.38 Å². The van der Waals surface area contributed by atoms with Crippen LogP contribution >= 0.6 is 22.9 Å². The molecule has 174 valence electrons. The summed E-state index contributed by atoms with van der Waals surface area (Å²) in [7, 11) is 0. The van der Waals surface area contributed by atoms with Crippen molar-refractivity contribution in [2.24, 2.45) is 0 Å². The number of para-hydroxylation sites is 2. The molecule has 2 heterocycles. The molecule has 0 fully saturated rings. The third-order valence-electron chi connectivity index (χ3n) is 5.53. The Balaban J connectivity index is 1.26. The van der Waals surface area contributed by atoms with E-state index in [4.69, 9.17) is 21.1 Å². The molecule has 0 atom stereocenters. The molecule has 1 aliphatic carbocycles. The number of anilines is 1.